The van der Waals surface area contributed by atoms with Crippen LogP contribution in [0.15, 0.2) is 30.3 Å². The molecule has 0 aromatic heterocycles. The molecular formula is C14H20ClNO. The summed E-state index contributed by atoms with van der Waals surface area (Å²) in [5.41, 5.74) is 1.38. The normalized spacial score (nSPS) is 22.3. The molecule has 0 amide bonds. The van der Waals surface area contributed by atoms with Crippen molar-refractivity contribution in [1.82, 2.24) is 4.90 Å². The lowest BCUT2D eigenvalue weighted by Crippen LogP contribution is -2.25. The number of alkyl halides is 1. The van der Waals surface area contributed by atoms with Crippen molar-refractivity contribution < 1.29 is 4.74 Å². The van der Waals surface area contributed by atoms with Gasteiger partial charge in [0.05, 0.1) is 12.7 Å². The fourth-order valence-corrected chi connectivity index (χ4v) is 2.46. The number of hydrogen-bond donors (Lipinski definition) is 0. The minimum Gasteiger partial charge on any atom is -0.377 e. The van der Waals surface area contributed by atoms with Gasteiger partial charge in [-0.3, -0.25) is 4.90 Å². The van der Waals surface area contributed by atoms with E-state index in [-0.39, 0.29) is 0 Å². The van der Waals surface area contributed by atoms with Gasteiger partial charge in [0, 0.05) is 25.5 Å². The van der Waals surface area contributed by atoms with Crippen LogP contribution >= 0.6 is 11.6 Å². The highest BCUT2D eigenvalue weighted by molar-refractivity contribution is 6.17. The molecule has 0 saturated carbocycles. The Balaban J connectivity index is 1.83. The zero-order valence-electron chi connectivity index (χ0n) is 10.1. The van der Waals surface area contributed by atoms with E-state index in [1.165, 1.54) is 5.56 Å². The van der Waals surface area contributed by atoms with E-state index < -0.39 is 0 Å². The summed E-state index contributed by atoms with van der Waals surface area (Å²) in [4.78, 5) is 2.46. The summed E-state index contributed by atoms with van der Waals surface area (Å²) in [5.74, 6) is 0.698. The zero-order chi connectivity index (χ0) is 11.9. The third-order valence-corrected chi connectivity index (χ3v) is 3.43. The Labute approximate surface area is 109 Å². The molecule has 0 spiro atoms. The lowest BCUT2D eigenvalue weighted by Gasteiger charge is -2.19. The van der Waals surface area contributed by atoms with Crippen LogP contribution in [0.25, 0.3) is 0 Å². The second kappa shape index (κ2) is 7.00. The van der Waals surface area contributed by atoms with Crippen molar-refractivity contribution in [1.29, 1.82) is 0 Å². The van der Waals surface area contributed by atoms with Gasteiger partial charge in [-0.2, -0.15) is 0 Å². The predicted octanol–water partition coefficient (Wildman–Crippen LogP) is 2.91. The van der Waals surface area contributed by atoms with Gasteiger partial charge in [-0.1, -0.05) is 30.3 Å². The molecular weight excluding hydrogens is 234 g/mol. The lowest BCUT2D eigenvalue weighted by atomic mass is 10.2. The van der Waals surface area contributed by atoms with Crippen molar-refractivity contribution >= 4 is 11.6 Å². The molecule has 2 nitrogen and oxygen atoms in total. The van der Waals surface area contributed by atoms with Crippen LogP contribution in [0, 0.1) is 0 Å². The van der Waals surface area contributed by atoms with Crippen LogP contribution in [-0.2, 0) is 11.3 Å². The van der Waals surface area contributed by atoms with Gasteiger partial charge in [0.15, 0.2) is 0 Å². The molecule has 17 heavy (non-hydrogen) atoms. The first kappa shape index (κ1) is 12.9. The van der Waals surface area contributed by atoms with E-state index in [1.54, 1.807) is 0 Å². The second-order valence-electron chi connectivity index (χ2n) is 4.52. The lowest BCUT2D eigenvalue weighted by molar-refractivity contribution is 0.0601. The molecule has 1 heterocycles. The molecule has 0 aliphatic carbocycles. The molecule has 1 unspecified atom stereocenters. The Morgan fingerprint density at radius 3 is 2.82 bits per heavy atom. The van der Waals surface area contributed by atoms with Crippen LogP contribution < -0.4 is 0 Å². The number of halogens is 1. The van der Waals surface area contributed by atoms with Gasteiger partial charge in [0.2, 0.25) is 0 Å². The molecule has 1 aliphatic rings. The Morgan fingerprint density at radius 1 is 1.24 bits per heavy atom. The first-order valence-electron chi connectivity index (χ1n) is 6.32. The van der Waals surface area contributed by atoms with E-state index in [0.29, 0.717) is 12.0 Å². The van der Waals surface area contributed by atoms with Crippen molar-refractivity contribution in [2.75, 3.05) is 25.6 Å². The molecule has 94 valence electrons. The summed E-state index contributed by atoms with van der Waals surface area (Å²) in [5, 5.41) is 0. The Hall–Kier alpha value is -0.570. The van der Waals surface area contributed by atoms with Gasteiger partial charge in [0.1, 0.15) is 0 Å². The number of hydrogen-bond acceptors (Lipinski definition) is 2. The van der Waals surface area contributed by atoms with Crippen LogP contribution in [0.3, 0.4) is 0 Å². The molecule has 1 saturated heterocycles. The summed E-state index contributed by atoms with van der Waals surface area (Å²) in [7, 11) is 0. The molecule has 1 atom stereocenters. The van der Waals surface area contributed by atoms with Gasteiger partial charge < -0.3 is 4.74 Å². The average molecular weight is 254 g/mol. The molecule has 1 aromatic rings. The summed E-state index contributed by atoms with van der Waals surface area (Å²) in [6, 6.07) is 10.6. The van der Waals surface area contributed by atoms with Gasteiger partial charge in [-0.25, -0.2) is 0 Å². The number of ether oxygens (including phenoxy) is 1. The topological polar surface area (TPSA) is 12.5 Å². The fraction of sp³-hybridized carbons (Fsp3) is 0.571. The maximum absolute atomic E-state index is 5.79. The summed E-state index contributed by atoms with van der Waals surface area (Å²) in [6.45, 7) is 3.98. The first-order valence-corrected chi connectivity index (χ1v) is 6.86. The van der Waals surface area contributed by atoms with E-state index in [0.717, 1.165) is 39.1 Å². The molecule has 0 radical (unpaired) electrons. The van der Waals surface area contributed by atoms with Crippen molar-refractivity contribution in [2.45, 2.75) is 25.5 Å². The van der Waals surface area contributed by atoms with E-state index in [1.807, 2.05) is 0 Å². The van der Waals surface area contributed by atoms with Gasteiger partial charge >= 0.3 is 0 Å². The van der Waals surface area contributed by atoms with Crippen molar-refractivity contribution in [3.05, 3.63) is 35.9 Å². The highest BCUT2D eigenvalue weighted by atomic mass is 35.5. The minimum atomic E-state index is 0.355. The van der Waals surface area contributed by atoms with Gasteiger partial charge in [-0.05, 0) is 18.4 Å². The monoisotopic (exact) mass is 253 g/mol. The van der Waals surface area contributed by atoms with Crippen LogP contribution in [0.2, 0.25) is 0 Å². The number of nitrogens with zero attached hydrogens (tertiary/aromatic N) is 1. The standard InChI is InChI=1S/C14H20ClNO/c15-8-6-14-7-9-16(10-11-17-14)12-13-4-2-1-3-5-13/h1-5,14H,6-12H2. The fourth-order valence-electron chi connectivity index (χ4n) is 2.22. The maximum Gasteiger partial charge on any atom is 0.0599 e. The largest absolute Gasteiger partial charge is 0.377 e. The van der Waals surface area contributed by atoms with Crippen LogP contribution in [0.4, 0.5) is 0 Å². The Kier molecular flexibility index (Phi) is 5.30. The third kappa shape index (κ3) is 4.30. The summed E-state index contributed by atoms with van der Waals surface area (Å²) in [6.07, 6.45) is 2.42. The molecule has 0 N–H and O–H groups in total. The zero-order valence-corrected chi connectivity index (χ0v) is 10.9. The van der Waals surface area contributed by atoms with E-state index in [4.69, 9.17) is 16.3 Å². The predicted molar refractivity (Wildman–Crippen MR) is 71.4 cm³/mol. The summed E-state index contributed by atoms with van der Waals surface area (Å²) >= 11 is 5.76. The Morgan fingerprint density at radius 2 is 2.06 bits per heavy atom. The maximum atomic E-state index is 5.79. The van der Waals surface area contributed by atoms with Crippen LogP contribution in [0.1, 0.15) is 18.4 Å². The molecule has 1 fully saturated rings. The van der Waals surface area contributed by atoms with Crippen LogP contribution in [-0.4, -0.2) is 36.6 Å². The molecule has 2 rings (SSSR count). The van der Waals surface area contributed by atoms with Crippen molar-refractivity contribution in [2.24, 2.45) is 0 Å². The SMILES string of the molecule is ClCCC1CCN(Cc2ccccc2)CCO1. The number of benzene rings is 1. The second-order valence-corrected chi connectivity index (χ2v) is 4.90. The highest BCUT2D eigenvalue weighted by Gasteiger charge is 2.16. The van der Waals surface area contributed by atoms with Gasteiger partial charge in [-0.15, -0.1) is 11.6 Å². The quantitative estimate of drug-likeness (QED) is 0.765. The first-order chi connectivity index (χ1) is 8.38. The van der Waals surface area contributed by atoms with Crippen molar-refractivity contribution in [3.8, 4) is 0 Å². The van der Waals surface area contributed by atoms with Crippen LogP contribution in [0.5, 0.6) is 0 Å². The van der Waals surface area contributed by atoms with Crippen molar-refractivity contribution in [3.63, 3.8) is 0 Å². The minimum absolute atomic E-state index is 0.355. The highest BCUT2D eigenvalue weighted by Crippen LogP contribution is 2.13. The molecule has 1 aliphatic heterocycles. The third-order valence-electron chi connectivity index (χ3n) is 3.21. The molecule has 0 bridgehead atoms. The molecule has 3 heteroatoms. The molecule has 1 aromatic carbocycles. The smallest absolute Gasteiger partial charge is 0.0599 e. The van der Waals surface area contributed by atoms with E-state index in [2.05, 4.69) is 35.2 Å². The van der Waals surface area contributed by atoms with E-state index in [9.17, 15) is 0 Å². The Bertz CT molecular complexity index is 317. The summed E-state index contributed by atoms with van der Waals surface area (Å²) < 4.78 is 5.79. The van der Waals surface area contributed by atoms with E-state index >= 15 is 0 Å². The van der Waals surface area contributed by atoms with Gasteiger partial charge in [0.25, 0.3) is 0 Å². The number of rotatable bonds is 4. The average Bonchev–Trinajstić information content (AvgIpc) is 2.57.